The molecule has 0 amide bonds. The van der Waals surface area contributed by atoms with Gasteiger partial charge < -0.3 is 4.57 Å². The van der Waals surface area contributed by atoms with Gasteiger partial charge in [-0.1, -0.05) is 13.8 Å². The van der Waals surface area contributed by atoms with Crippen molar-refractivity contribution in [3.8, 4) is 16.8 Å². The summed E-state index contributed by atoms with van der Waals surface area (Å²) in [6.07, 6.45) is 2.11. The fourth-order valence-corrected chi connectivity index (χ4v) is 3.47. The van der Waals surface area contributed by atoms with Gasteiger partial charge in [-0.25, -0.2) is 4.98 Å². The summed E-state index contributed by atoms with van der Waals surface area (Å²) in [7, 11) is 0. The Balaban J connectivity index is 2.20. The summed E-state index contributed by atoms with van der Waals surface area (Å²) in [5.74, 6) is 1.02. The Bertz CT molecular complexity index is 820. The van der Waals surface area contributed by atoms with E-state index in [-0.39, 0.29) is 0 Å². The molecule has 0 unspecified atom stereocenters. The second-order valence-electron chi connectivity index (χ2n) is 5.02. The van der Waals surface area contributed by atoms with Crippen LogP contribution in [0, 0.1) is 11.3 Å². The van der Waals surface area contributed by atoms with E-state index in [1.165, 1.54) is 9.75 Å². The van der Waals surface area contributed by atoms with Gasteiger partial charge in [0.1, 0.15) is 0 Å². The van der Waals surface area contributed by atoms with Crippen LogP contribution in [-0.4, -0.2) is 9.55 Å². The number of nitrogens with zero attached hydrogens (tertiary/aromatic N) is 3. The maximum atomic E-state index is 9.05. The Labute approximate surface area is 128 Å². The number of aryl methyl sites for hydroxylation is 2. The van der Waals surface area contributed by atoms with Crippen LogP contribution >= 0.6 is 11.3 Å². The molecule has 0 aliphatic rings. The molecule has 0 radical (unpaired) electrons. The van der Waals surface area contributed by atoms with E-state index in [1.807, 2.05) is 18.2 Å². The van der Waals surface area contributed by atoms with Crippen LogP contribution in [0.4, 0.5) is 0 Å². The molecule has 1 aromatic carbocycles. The van der Waals surface area contributed by atoms with Crippen molar-refractivity contribution in [3.05, 3.63) is 40.8 Å². The van der Waals surface area contributed by atoms with Crippen LogP contribution < -0.4 is 0 Å². The fourth-order valence-electron chi connectivity index (χ4n) is 2.53. The highest BCUT2D eigenvalue weighted by Gasteiger charge is 2.14. The average Bonchev–Trinajstić information content (AvgIpc) is 3.11. The second-order valence-corrected chi connectivity index (χ2v) is 6.19. The van der Waals surface area contributed by atoms with Crippen LogP contribution in [0.1, 0.15) is 30.7 Å². The molecule has 3 nitrogen and oxygen atoms in total. The minimum Gasteiger partial charge on any atom is -0.323 e. The second kappa shape index (κ2) is 5.71. The molecule has 0 saturated heterocycles. The van der Waals surface area contributed by atoms with Gasteiger partial charge in [-0.3, -0.25) is 0 Å². The van der Waals surface area contributed by atoms with Gasteiger partial charge in [0, 0.05) is 11.4 Å². The van der Waals surface area contributed by atoms with Crippen LogP contribution in [-0.2, 0) is 13.0 Å². The molecule has 0 N–H and O–H groups in total. The highest BCUT2D eigenvalue weighted by Crippen LogP contribution is 2.31. The van der Waals surface area contributed by atoms with Crippen LogP contribution in [0.2, 0.25) is 0 Å². The van der Waals surface area contributed by atoms with E-state index in [2.05, 4.69) is 36.6 Å². The van der Waals surface area contributed by atoms with Crippen molar-refractivity contribution in [2.24, 2.45) is 0 Å². The standard InChI is InChI=1S/C17H17N3S/c1-3-9-20-15-7-5-12(11-18)10-14(15)19-17(20)16-8-6-13(4-2)21-16/h5-8,10H,3-4,9H2,1-2H3. The summed E-state index contributed by atoms with van der Waals surface area (Å²) in [6, 6.07) is 12.3. The Morgan fingerprint density at radius 1 is 1.24 bits per heavy atom. The number of aromatic nitrogens is 2. The minimum atomic E-state index is 0.663. The number of hydrogen-bond acceptors (Lipinski definition) is 3. The van der Waals surface area contributed by atoms with Crippen molar-refractivity contribution in [3.63, 3.8) is 0 Å². The molecule has 21 heavy (non-hydrogen) atoms. The molecule has 0 spiro atoms. The van der Waals surface area contributed by atoms with E-state index >= 15 is 0 Å². The first-order valence-corrected chi connectivity index (χ1v) is 8.08. The monoisotopic (exact) mass is 295 g/mol. The summed E-state index contributed by atoms with van der Waals surface area (Å²) >= 11 is 1.80. The number of nitriles is 1. The molecule has 0 aliphatic carbocycles. The van der Waals surface area contributed by atoms with Crippen molar-refractivity contribution in [2.75, 3.05) is 0 Å². The Hall–Kier alpha value is -2.12. The lowest BCUT2D eigenvalue weighted by molar-refractivity contribution is 0.705. The van der Waals surface area contributed by atoms with Crippen LogP contribution in [0.3, 0.4) is 0 Å². The molecule has 2 aromatic heterocycles. The molecule has 0 fully saturated rings. The fraction of sp³-hybridized carbons (Fsp3) is 0.294. The molecule has 106 valence electrons. The Kier molecular flexibility index (Phi) is 3.76. The van der Waals surface area contributed by atoms with Gasteiger partial charge in [0.05, 0.1) is 27.5 Å². The van der Waals surface area contributed by atoms with Gasteiger partial charge in [0.25, 0.3) is 0 Å². The first-order valence-electron chi connectivity index (χ1n) is 7.26. The molecule has 0 saturated carbocycles. The molecule has 0 aliphatic heterocycles. The summed E-state index contributed by atoms with van der Waals surface area (Å²) in [4.78, 5) is 7.36. The largest absolute Gasteiger partial charge is 0.323 e. The lowest BCUT2D eigenvalue weighted by atomic mass is 10.2. The zero-order valence-corrected chi connectivity index (χ0v) is 13.1. The minimum absolute atomic E-state index is 0.663. The van der Waals surface area contributed by atoms with E-state index in [9.17, 15) is 0 Å². The number of rotatable bonds is 4. The number of benzene rings is 1. The van der Waals surface area contributed by atoms with Crippen LogP contribution in [0.5, 0.6) is 0 Å². The van der Waals surface area contributed by atoms with Crippen molar-refractivity contribution >= 4 is 22.4 Å². The summed E-state index contributed by atoms with van der Waals surface area (Å²) in [5.41, 5.74) is 2.68. The van der Waals surface area contributed by atoms with E-state index < -0.39 is 0 Å². The van der Waals surface area contributed by atoms with Gasteiger partial charge in [0.2, 0.25) is 0 Å². The van der Waals surface area contributed by atoms with Crippen molar-refractivity contribution in [1.29, 1.82) is 5.26 Å². The first-order chi connectivity index (χ1) is 10.3. The van der Waals surface area contributed by atoms with E-state index in [0.29, 0.717) is 5.56 Å². The van der Waals surface area contributed by atoms with Gasteiger partial charge in [-0.15, -0.1) is 11.3 Å². The molecular formula is C17H17N3S. The lowest BCUT2D eigenvalue weighted by Crippen LogP contribution is -1.98. The maximum absolute atomic E-state index is 9.05. The third-order valence-corrected chi connectivity index (χ3v) is 4.78. The third-order valence-electron chi connectivity index (χ3n) is 3.56. The molecule has 0 bridgehead atoms. The summed E-state index contributed by atoms with van der Waals surface area (Å²) in [6.45, 7) is 5.28. The van der Waals surface area contributed by atoms with E-state index in [4.69, 9.17) is 10.2 Å². The molecule has 4 heteroatoms. The average molecular weight is 295 g/mol. The van der Waals surface area contributed by atoms with Gasteiger partial charge >= 0.3 is 0 Å². The van der Waals surface area contributed by atoms with Gasteiger partial charge in [0.15, 0.2) is 5.82 Å². The first kappa shape index (κ1) is 13.8. The Morgan fingerprint density at radius 2 is 2.10 bits per heavy atom. The molecule has 3 rings (SSSR count). The molecule has 3 aromatic rings. The zero-order chi connectivity index (χ0) is 14.8. The highest BCUT2D eigenvalue weighted by atomic mass is 32.1. The number of hydrogen-bond donors (Lipinski definition) is 0. The molecular weight excluding hydrogens is 278 g/mol. The predicted molar refractivity (Wildman–Crippen MR) is 87.4 cm³/mol. The smallest absolute Gasteiger partial charge is 0.151 e. The van der Waals surface area contributed by atoms with Gasteiger partial charge in [-0.2, -0.15) is 5.26 Å². The summed E-state index contributed by atoms with van der Waals surface area (Å²) < 4.78 is 2.27. The van der Waals surface area contributed by atoms with Crippen molar-refractivity contribution in [2.45, 2.75) is 33.2 Å². The SMILES string of the molecule is CCCn1c(-c2ccc(CC)s2)nc2cc(C#N)ccc21. The summed E-state index contributed by atoms with van der Waals surface area (Å²) in [5, 5.41) is 9.05. The van der Waals surface area contributed by atoms with Crippen molar-refractivity contribution in [1.82, 2.24) is 9.55 Å². The topological polar surface area (TPSA) is 41.6 Å². The van der Waals surface area contributed by atoms with Gasteiger partial charge in [-0.05, 0) is 43.2 Å². The Morgan fingerprint density at radius 3 is 2.76 bits per heavy atom. The van der Waals surface area contributed by atoms with E-state index in [0.717, 1.165) is 36.2 Å². The quantitative estimate of drug-likeness (QED) is 0.705. The lowest BCUT2D eigenvalue weighted by Gasteiger charge is -2.06. The predicted octanol–water partition coefficient (Wildman–Crippen LogP) is 4.61. The zero-order valence-electron chi connectivity index (χ0n) is 12.3. The van der Waals surface area contributed by atoms with E-state index in [1.54, 1.807) is 11.3 Å². The number of fused-ring (bicyclic) bond motifs is 1. The number of thiophene rings is 1. The van der Waals surface area contributed by atoms with Crippen LogP contribution in [0.25, 0.3) is 21.7 Å². The van der Waals surface area contributed by atoms with Crippen molar-refractivity contribution < 1.29 is 0 Å². The number of imidazole rings is 1. The maximum Gasteiger partial charge on any atom is 0.151 e. The molecule has 2 heterocycles. The normalized spacial score (nSPS) is 10.9. The van der Waals surface area contributed by atoms with Crippen LogP contribution in [0.15, 0.2) is 30.3 Å². The molecule has 0 atom stereocenters. The highest BCUT2D eigenvalue weighted by molar-refractivity contribution is 7.15. The third kappa shape index (κ3) is 2.45.